The molecule has 0 aliphatic carbocycles. The molecule has 0 fully saturated rings. The zero-order chi connectivity index (χ0) is 14.0. The van der Waals surface area contributed by atoms with E-state index in [2.05, 4.69) is 0 Å². The molecule has 0 saturated heterocycles. The van der Waals surface area contributed by atoms with Gasteiger partial charge >= 0.3 is 0 Å². The maximum Gasteiger partial charge on any atom is 0.146 e. The van der Waals surface area contributed by atoms with Crippen LogP contribution in [0.4, 0.5) is 4.39 Å². The van der Waals surface area contributed by atoms with Gasteiger partial charge in [0.1, 0.15) is 23.2 Å². The van der Waals surface area contributed by atoms with Crippen molar-refractivity contribution in [1.29, 1.82) is 5.41 Å². The van der Waals surface area contributed by atoms with E-state index < -0.39 is 5.82 Å². The molecule has 0 bridgehead atoms. The molecule has 2 aromatic rings. The smallest absolute Gasteiger partial charge is 0.146 e. The van der Waals surface area contributed by atoms with Crippen LogP contribution >= 0.6 is 23.2 Å². The Bertz CT molecular complexity index is 647. The first-order valence-corrected chi connectivity index (χ1v) is 6.00. The topological polar surface area (TPSA) is 59.1 Å². The van der Waals surface area contributed by atoms with Crippen LogP contribution in [-0.2, 0) is 0 Å². The number of ether oxygens (including phenoxy) is 1. The lowest BCUT2D eigenvalue weighted by molar-refractivity contribution is 0.481. The average molecular weight is 299 g/mol. The molecular formula is C13H9Cl2FN2O. The summed E-state index contributed by atoms with van der Waals surface area (Å²) >= 11 is 11.9. The zero-order valence-electron chi connectivity index (χ0n) is 9.58. The van der Waals surface area contributed by atoms with E-state index in [0.29, 0.717) is 17.1 Å². The fourth-order valence-electron chi connectivity index (χ4n) is 1.43. The van der Waals surface area contributed by atoms with Crippen molar-refractivity contribution in [1.82, 2.24) is 0 Å². The van der Waals surface area contributed by atoms with Gasteiger partial charge in [-0.15, -0.1) is 0 Å². The summed E-state index contributed by atoms with van der Waals surface area (Å²) in [6.07, 6.45) is 0. The van der Waals surface area contributed by atoms with Crippen molar-refractivity contribution in [2.75, 3.05) is 0 Å². The maximum atomic E-state index is 12.9. The first kappa shape index (κ1) is 13.6. The van der Waals surface area contributed by atoms with Crippen LogP contribution in [0.2, 0.25) is 10.0 Å². The Kier molecular flexibility index (Phi) is 3.93. The summed E-state index contributed by atoms with van der Waals surface area (Å²) in [6, 6.07) is 8.47. The average Bonchev–Trinajstić information content (AvgIpc) is 2.34. The number of halogens is 3. The van der Waals surface area contributed by atoms with Crippen molar-refractivity contribution in [2.24, 2.45) is 5.73 Å². The van der Waals surface area contributed by atoms with Crippen LogP contribution in [0.3, 0.4) is 0 Å². The molecule has 19 heavy (non-hydrogen) atoms. The predicted molar refractivity (Wildman–Crippen MR) is 74.0 cm³/mol. The van der Waals surface area contributed by atoms with E-state index in [4.69, 9.17) is 39.1 Å². The minimum atomic E-state index is -0.449. The molecule has 6 heteroatoms. The van der Waals surface area contributed by atoms with Crippen molar-refractivity contribution in [3.63, 3.8) is 0 Å². The van der Waals surface area contributed by atoms with Gasteiger partial charge in [0.15, 0.2) is 0 Å². The molecule has 0 amide bonds. The van der Waals surface area contributed by atoms with E-state index in [0.717, 1.165) is 6.07 Å². The molecule has 0 spiro atoms. The highest BCUT2D eigenvalue weighted by Crippen LogP contribution is 2.34. The van der Waals surface area contributed by atoms with Crippen molar-refractivity contribution < 1.29 is 9.13 Å². The summed E-state index contributed by atoms with van der Waals surface area (Å²) in [4.78, 5) is 0. The monoisotopic (exact) mass is 298 g/mol. The Morgan fingerprint density at radius 1 is 1.05 bits per heavy atom. The van der Waals surface area contributed by atoms with Gasteiger partial charge < -0.3 is 10.5 Å². The van der Waals surface area contributed by atoms with Gasteiger partial charge in [-0.1, -0.05) is 23.2 Å². The van der Waals surface area contributed by atoms with Crippen LogP contribution in [-0.4, -0.2) is 5.84 Å². The Morgan fingerprint density at radius 3 is 2.16 bits per heavy atom. The van der Waals surface area contributed by atoms with Gasteiger partial charge in [0.25, 0.3) is 0 Å². The second-order valence-corrected chi connectivity index (χ2v) is 4.55. The minimum Gasteiger partial charge on any atom is -0.454 e. The molecule has 0 saturated carbocycles. The van der Waals surface area contributed by atoms with Gasteiger partial charge in [-0.3, -0.25) is 5.41 Å². The number of nitrogens with one attached hydrogen (secondary N) is 1. The lowest BCUT2D eigenvalue weighted by Crippen LogP contribution is -2.10. The number of rotatable bonds is 3. The molecule has 0 aromatic heterocycles. The van der Waals surface area contributed by atoms with Gasteiger partial charge in [-0.25, -0.2) is 4.39 Å². The summed E-state index contributed by atoms with van der Waals surface area (Å²) in [6.45, 7) is 0. The number of benzene rings is 2. The fourth-order valence-corrected chi connectivity index (χ4v) is 1.85. The zero-order valence-corrected chi connectivity index (χ0v) is 11.1. The number of nitrogen functional groups attached to an aromatic ring is 1. The Balaban J connectivity index is 2.31. The molecule has 2 rings (SSSR count). The van der Waals surface area contributed by atoms with Crippen LogP contribution in [0, 0.1) is 11.2 Å². The van der Waals surface area contributed by atoms with E-state index >= 15 is 0 Å². The molecule has 2 aromatic carbocycles. The van der Waals surface area contributed by atoms with Gasteiger partial charge in [-0.05, 0) is 36.4 Å². The van der Waals surface area contributed by atoms with Crippen LogP contribution < -0.4 is 10.5 Å². The van der Waals surface area contributed by atoms with Crippen LogP contribution in [0.25, 0.3) is 0 Å². The van der Waals surface area contributed by atoms with E-state index in [-0.39, 0.29) is 15.9 Å². The Hall–Kier alpha value is -1.78. The van der Waals surface area contributed by atoms with Crippen LogP contribution in [0.15, 0.2) is 36.4 Å². The van der Waals surface area contributed by atoms with Crippen molar-refractivity contribution in [3.8, 4) is 11.5 Å². The van der Waals surface area contributed by atoms with Gasteiger partial charge in [0, 0.05) is 5.56 Å². The highest BCUT2D eigenvalue weighted by molar-refractivity contribution is 6.33. The molecule has 0 atom stereocenters. The fraction of sp³-hybridized carbons (Fsp3) is 0. The quantitative estimate of drug-likeness (QED) is 0.659. The molecular weight excluding hydrogens is 290 g/mol. The van der Waals surface area contributed by atoms with Crippen LogP contribution in [0.5, 0.6) is 11.5 Å². The minimum absolute atomic E-state index is 0.0896. The molecule has 0 unspecified atom stereocenters. The largest absolute Gasteiger partial charge is 0.454 e. The number of nitrogens with two attached hydrogens (primary N) is 1. The van der Waals surface area contributed by atoms with Gasteiger partial charge in [-0.2, -0.15) is 0 Å². The molecule has 0 aliphatic heterocycles. The lowest BCUT2D eigenvalue weighted by atomic mass is 10.2. The van der Waals surface area contributed by atoms with Crippen molar-refractivity contribution in [3.05, 3.63) is 57.8 Å². The summed E-state index contributed by atoms with van der Waals surface area (Å²) in [7, 11) is 0. The van der Waals surface area contributed by atoms with E-state index in [1.807, 2.05) is 0 Å². The summed E-state index contributed by atoms with van der Waals surface area (Å²) in [5, 5.41) is 7.73. The normalized spacial score (nSPS) is 10.3. The molecule has 0 heterocycles. The highest BCUT2D eigenvalue weighted by Gasteiger charge is 2.09. The number of hydrogen-bond acceptors (Lipinski definition) is 2. The molecule has 98 valence electrons. The standard InChI is InChI=1S/C13H9Cl2FN2O/c14-9-5-7(13(17)18)1-3-11(9)19-12-4-2-8(16)6-10(12)15/h1-6H,(H3,17,18). The lowest BCUT2D eigenvalue weighted by Gasteiger charge is -2.10. The number of hydrogen-bond donors (Lipinski definition) is 2. The van der Waals surface area contributed by atoms with Crippen molar-refractivity contribution >= 4 is 29.0 Å². The summed E-state index contributed by atoms with van der Waals surface area (Å²) < 4.78 is 18.4. The van der Waals surface area contributed by atoms with Gasteiger partial charge in [0.2, 0.25) is 0 Å². The molecule has 3 nitrogen and oxygen atoms in total. The SMILES string of the molecule is N=C(N)c1ccc(Oc2ccc(F)cc2Cl)c(Cl)c1. The molecule has 0 aliphatic rings. The first-order chi connectivity index (χ1) is 8.97. The van der Waals surface area contributed by atoms with Crippen molar-refractivity contribution in [2.45, 2.75) is 0 Å². The predicted octanol–water partition coefficient (Wildman–Crippen LogP) is 4.21. The van der Waals surface area contributed by atoms with E-state index in [9.17, 15) is 4.39 Å². The van der Waals surface area contributed by atoms with Crippen LogP contribution in [0.1, 0.15) is 5.56 Å². The molecule has 0 radical (unpaired) electrons. The maximum absolute atomic E-state index is 12.9. The third-order valence-corrected chi connectivity index (χ3v) is 2.95. The first-order valence-electron chi connectivity index (χ1n) is 5.24. The Labute approximate surface area is 119 Å². The van der Waals surface area contributed by atoms with Gasteiger partial charge in [0.05, 0.1) is 10.0 Å². The summed E-state index contributed by atoms with van der Waals surface area (Å²) in [5.74, 6) is 0.101. The van der Waals surface area contributed by atoms with E-state index in [1.54, 1.807) is 12.1 Å². The highest BCUT2D eigenvalue weighted by atomic mass is 35.5. The second kappa shape index (κ2) is 5.47. The Morgan fingerprint density at radius 2 is 1.63 bits per heavy atom. The number of amidine groups is 1. The second-order valence-electron chi connectivity index (χ2n) is 3.74. The third kappa shape index (κ3) is 3.16. The molecule has 3 N–H and O–H groups in total. The third-order valence-electron chi connectivity index (χ3n) is 2.36. The van der Waals surface area contributed by atoms with E-state index in [1.165, 1.54) is 18.2 Å². The summed E-state index contributed by atoms with van der Waals surface area (Å²) in [5.41, 5.74) is 5.84.